The maximum Gasteiger partial charge on any atom is 0.248 e. The Morgan fingerprint density at radius 2 is 2.24 bits per heavy atom. The van der Waals surface area contributed by atoms with E-state index in [-0.39, 0.29) is 12.5 Å². The Bertz CT molecular complexity index is 957. The monoisotopic (exact) mass is 392 g/mol. The third-order valence-corrected chi connectivity index (χ3v) is 4.60. The lowest BCUT2D eigenvalue weighted by molar-refractivity contribution is -0.142. The van der Waals surface area contributed by atoms with Crippen LogP contribution >= 0.6 is 0 Å². The van der Waals surface area contributed by atoms with Gasteiger partial charge in [0.25, 0.3) is 0 Å². The van der Waals surface area contributed by atoms with Crippen molar-refractivity contribution in [3.8, 4) is 11.8 Å². The molecule has 1 saturated heterocycles. The van der Waals surface area contributed by atoms with Crippen LogP contribution in [-0.4, -0.2) is 53.6 Å². The number of hydrogen-bond donors (Lipinski definition) is 2. The number of ether oxygens (including phenoxy) is 2. The Hall–Kier alpha value is -3.64. The van der Waals surface area contributed by atoms with Crippen LogP contribution in [0.25, 0.3) is 5.57 Å². The van der Waals surface area contributed by atoms with E-state index in [1.807, 2.05) is 24.3 Å². The molecule has 4 rings (SSSR count). The van der Waals surface area contributed by atoms with E-state index in [1.165, 1.54) is 6.33 Å². The Kier molecular flexibility index (Phi) is 5.54. The molecule has 9 nitrogen and oxygen atoms in total. The quantitative estimate of drug-likeness (QED) is 0.566. The van der Waals surface area contributed by atoms with Gasteiger partial charge in [-0.2, -0.15) is 5.26 Å². The Morgan fingerprint density at radius 3 is 3.07 bits per heavy atom. The molecule has 2 aliphatic rings. The molecule has 0 atom stereocenters. The molecule has 2 aliphatic heterocycles. The Balaban J connectivity index is 1.39. The fraction of sp³-hybridized carbons (Fsp3) is 0.300. The van der Waals surface area contributed by atoms with Gasteiger partial charge in [-0.1, -0.05) is 12.1 Å². The Morgan fingerprint density at radius 1 is 1.34 bits per heavy atom. The van der Waals surface area contributed by atoms with E-state index in [0.717, 1.165) is 12.1 Å². The van der Waals surface area contributed by atoms with E-state index in [1.54, 1.807) is 11.0 Å². The number of rotatable bonds is 6. The lowest BCUT2D eigenvalue weighted by Gasteiger charge is -2.26. The molecule has 0 aliphatic carbocycles. The van der Waals surface area contributed by atoms with Crippen LogP contribution in [0.2, 0.25) is 0 Å². The summed E-state index contributed by atoms with van der Waals surface area (Å²) in [7, 11) is 0. The van der Waals surface area contributed by atoms with Gasteiger partial charge in [-0.25, -0.2) is 9.97 Å². The normalized spacial score (nSPS) is 17.1. The van der Waals surface area contributed by atoms with Crippen molar-refractivity contribution in [1.29, 1.82) is 5.26 Å². The van der Waals surface area contributed by atoms with E-state index in [9.17, 15) is 10.1 Å². The van der Waals surface area contributed by atoms with Crippen molar-refractivity contribution in [3.05, 3.63) is 48.2 Å². The minimum atomic E-state index is 0.0240. The highest BCUT2D eigenvalue weighted by atomic mass is 16.5. The first-order chi connectivity index (χ1) is 14.2. The van der Waals surface area contributed by atoms with Crippen LogP contribution in [0.3, 0.4) is 0 Å². The highest BCUT2D eigenvalue weighted by Crippen LogP contribution is 2.35. The second kappa shape index (κ2) is 8.58. The van der Waals surface area contributed by atoms with Crippen LogP contribution in [0.15, 0.2) is 42.5 Å². The number of hydrogen-bond acceptors (Lipinski definition) is 8. The van der Waals surface area contributed by atoms with E-state index in [2.05, 4.69) is 26.7 Å². The van der Waals surface area contributed by atoms with Gasteiger partial charge in [0.1, 0.15) is 30.4 Å². The smallest absolute Gasteiger partial charge is 0.248 e. The molecule has 1 aromatic carbocycles. The van der Waals surface area contributed by atoms with Gasteiger partial charge in [-0.3, -0.25) is 4.79 Å². The van der Waals surface area contributed by atoms with Crippen molar-refractivity contribution >= 4 is 23.0 Å². The zero-order valence-electron chi connectivity index (χ0n) is 15.7. The zero-order chi connectivity index (χ0) is 20.1. The number of para-hydroxylation sites is 2. The number of nitrogens with one attached hydrogen (secondary N) is 2. The maximum absolute atomic E-state index is 11.7. The highest BCUT2D eigenvalue weighted by Gasteiger charge is 2.22. The second-order valence-corrected chi connectivity index (χ2v) is 6.54. The minimum Gasteiger partial charge on any atom is -0.437 e. The largest absolute Gasteiger partial charge is 0.437 e. The van der Waals surface area contributed by atoms with Crippen molar-refractivity contribution in [3.63, 3.8) is 0 Å². The molecule has 0 saturated carbocycles. The fourth-order valence-corrected chi connectivity index (χ4v) is 3.12. The van der Waals surface area contributed by atoms with E-state index >= 15 is 0 Å². The number of aromatic nitrogens is 2. The van der Waals surface area contributed by atoms with Gasteiger partial charge in [-0.05, 0) is 18.6 Å². The predicted octanol–water partition coefficient (Wildman–Crippen LogP) is 1.83. The third kappa shape index (κ3) is 4.28. The van der Waals surface area contributed by atoms with Crippen LogP contribution in [0.4, 0.5) is 11.5 Å². The zero-order valence-corrected chi connectivity index (χ0v) is 15.7. The average Bonchev–Trinajstić information content (AvgIpc) is 3.17. The Labute approximate surface area is 168 Å². The van der Waals surface area contributed by atoms with Crippen LogP contribution in [0, 0.1) is 11.3 Å². The number of allylic oxidation sites excluding steroid dienone is 1. The van der Waals surface area contributed by atoms with Gasteiger partial charge in [0, 0.05) is 25.7 Å². The molecular formula is C20H20N6O3. The standard InChI is InChI=1S/C20H20N6O3/c21-11-14(20-25-15-4-1-2-5-17(15)29-20)16-10-18(24-13-23-16)22-6-3-7-26-8-9-28-12-19(26)27/h1-2,4-5,10,13,25H,3,6-9,12H2,(H,22,23,24)/b20-14-. The molecule has 2 aromatic rings. The number of benzene rings is 1. The van der Waals surface area contributed by atoms with Gasteiger partial charge in [-0.15, -0.1) is 0 Å². The fourth-order valence-electron chi connectivity index (χ4n) is 3.12. The average molecular weight is 392 g/mol. The summed E-state index contributed by atoms with van der Waals surface area (Å²) in [6, 6.07) is 11.3. The summed E-state index contributed by atoms with van der Waals surface area (Å²) in [5, 5.41) is 16.0. The van der Waals surface area contributed by atoms with Gasteiger partial charge in [0.2, 0.25) is 11.8 Å². The molecule has 3 heterocycles. The molecular weight excluding hydrogens is 372 g/mol. The van der Waals surface area contributed by atoms with Crippen LogP contribution in [0.1, 0.15) is 12.1 Å². The first-order valence-electron chi connectivity index (χ1n) is 9.34. The topological polar surface area (TPSA) is 112 Å². The summed E-state index contributed by atoms with van der Waals surface area (Å²) in [4.78, 5) is 21.9. The molecule has 0 unspecified atom stereocenters. The first-order valence-corrected chi connectivity index (χ1v) is 9.34. The number of carbonyl (C=O) groups is 1. The number of nitrogens with zero attached hydrogens (tertiary/aromatic N) is 4. The van der Waals surface area contributed by atoms with Crippen molar-refractivity contribution in [2.75, 3.05) is 43.5 Å². The summed E-state index contributed by atoms with van der Waals surface area (Å²) in [6.07, 6.45) is 2.18. The van der Waals surface area contributed by atoms with Crippen LogP contribution < -0.4 is 15.4 Å². The highest BCUT2D eigenvalue weighted by molar-refractivity contribution is 5.82. The number of fused-ring (bicyclic) bond motifs is 1. The van der Waals surface area contributed by atoms with E-state index in [0.29, 0.717) is 55.0 Å². The van der Waals surface area contributed by atoms with Crippen molar-refractivity contribution in [2.45, 2.75) is 6.42 Å². The summed E-state index contributed by atoms with van der Waals surface area (Å²) in [6.45, 7) is 2.68. The van der Waals surface area contributed by atoms with Gasteiger partial charge < -0.3 is 25.0 Å². The predicted molar refractivity (Wildman–Crippen MR) is 106 cm³/mol. The van der Waals surface area contributed by atoms with Gasteiger partial charge in [0.15, 0.2) is 5.75 Å². The second-order valence-electron chi connectivity index (χ2n) is 6.54. The summed E-state index contributed by atoms with van der Waals surface area (Å²) in [5.41, 5.74) is 1.56. The molecule has 2 N–H and O–H groups in total. The molecule has 1 fully saturated rings. The van der Waals surface area contributed by atoms with E-state index in [4.69, 9.17) is 9.47 Å². The maximum atomic E-state index is 11.7. The van der Waals surface area contributed by atoms with Gasteiger partial charge >= 0.3 is 0 Å². The number of amides is 1. The molecule has 0 radical (unpaired) electrons. The first kappa shape index (κ1) is 18.7. The molecule has 9 heteroatoms. The molecule has 148 valence electrons. The number of morpholine rings is 1. The molecule has 1 aromatic heterocycles. The molecule has 0 bridgehead atoms. The van der Waals surface area contributed by atoms with Crippen molar-refractivity contribution in [1.82, 2.24) is 14.9 Å². The SMILES string of the molecule is N#C/C(=C1\Nc2ccccc2O1)c1cc(NCCCN2CCOCC2=O)ncn1. The molecule has 1 amide bonds. The summed E-state index contributed by atoms with van der Waals surface area (Å²) in [5.74, 6) is 1.65. The number of carbonyl (C=O) groups excluding carboxylic acids is 1. The summed E-state index contributed by atoms with van der Waals surface area (Å²) >= 11 is 0. The summed E-state index contributed by atoms with van der Waals surface area (Å²) < 4.78 is 10.9. The lowest BCUT2D eigenvalue weighted by atomic mass is 10.2. The third-order valence-electron chi connectivity index (χ3n) is 4.60. The van der Waals surface area contributed by atoms with Crippen LogP contribution in [0.5, 0.6) is 5.75 Å². The van der Waals surface area contributed by atoms with Crippen molar-refractivity contribution in [2.24, 2.45) is 0 Å². The van der Waals surface area contributed by atoms with Gasteiger partial charge in [0.05, 0.1) is 18.0 Å². The number of anilines is 2. The van der Waals surface area contributed by atoms with E-state index < -0.39 is 0 Å². The molecule has 0 spiro atoms. The lowest BCUT2D eigenvalue weighted by Crippen LogP contribution is -2.42. The molecule has 29 heavy (non-hydrogen) atoms. The van der Waals surface area contributed by atoms with Crippen LogP contribution in [-0.2, 0) is 9.53 Å². The minimum absolute atomic E-state index is 0.0240. The van der Waals surface area contributed by atoms with Crippen molar-refractivity contribution < 1.29 is 14.3 Å². The number of nitriles is 1.